The molecule has 0 heterocycles. The van der Waals surface area contributed by atoms with Crippen molar-refractivity contribution in [3.8, 4) is 0 Å². The second kappa shape index (κ2) is 7.52. The van der Waals surface area contributed by atoms with E-state index in [4.69, 9.17) is 0 Å². The van der Waals surface area contributed by atoms with Gasteiger partial charge in [0.25, 0.3) is 0 Å². The maximum absolute atomic E-state index is 4.15. The van der Waals surface area contributed by atoms with E-state index in [2.05, 4.69) is 101 Å². The molecule has 0 saturated heterocycles. The Morgan fingerprint density at radius 2 is 1.33 bits per heavy atom. The minimum Gasteiger partial charge on any atom is -0.100 e. The lowest BCUT2D eigenvalue weighted by Gasteiger charge is -2.40. The third-order valence-corrected chi connectivity index (χ3v) is 8.86. The Morgan fingerprint density at radius 3 is 1.71 bits per heavy atom. The normalized spacial score (nSPS) is 12.4. The summed E-state index contributed by atoms with van der Waals surface area (Å²) in [5.74, 6) is 0. The van der Waals surface area contributed by atoms with E-state index in [0.29, 0.717) is 11.0 Å². The van der Waals surface area contributed by atoms with Gasteiger partial charge in [-0.2, -0.15) is 0 Å². The summed E-state index contributed by atoms with van der Waals surface area (Å²) in [6.45, 7) is 16.2. The van der Waals surface area contributed by atoms with Gasteiger partial charge in [-0.05, 0) is 29.9 Å². The van der Waals surface area contributed by atoms with Crippen LogP contribution in [0.2, 0.25) is 19.1 Å². The van der Waals surface area contributed by atoms with Crippen molar-refractivity contribution in [3.63, 3.8) is 0 Å². The van der Waals surface area contributed by atoms with Crippen LogP contribution in [0.25, 0.3) is 0 Å². The second-order valence-electron chi connectivity index (χ2n) is 8.72. The summed E-state index contributed by atoms with van der Waals surface area (Å²) in [7, 11) is -1.56. The van der Waals surface area contributed by atoms with Crippen molar-refractivity contribution in [3.05, 3.63) is 83.9 Å². The van der Waals surface area contributed by atoms with E-state index >= 15 is 0 Å². The van der Waals surface area contributed by atoms with E-state index in [-0.39, 0.29) is 0 Å². The predicted molar refractivity (Wildman–Crippen MR) is 110 cm³/mol. The van der Waals surface area contributed by atoms with E-state index in [0.717, 1.165) is 6.42 Å². The minimum absolute atomic E-state index is 0.309. The summed E-state index contributed by atoms with van der Waals surface area (Å²) in [6.07, 6.45) is 1.11. The maximum atomic E-state index is 4.15. The van der Waals surface area contributed by atoms with Crippen LogP contribution in [0, 0.1) is 5.41 Å². The zero-order valence-electron chi connectivity index (χ0n) is 16.0. The lowest BCUT2D eigenvalue weighted by Crippen LogP contribution is -2.40. The Hall–Kier alpha value is -1.60. The van der Waals surface area contributed by atoms with Gasteiger partial charge in [-0.3, -0.25) is 0 Å². The molecule has 1 heteroatoms. The van der Waals surface area contributed by atoms with E-state index < -0.39 is 8.07 Å². The summed E-state index contributed by atoms with van der Waals surface area (Å²) >= 11 is 0. The first kappa shape index (κ1) is 18.7. The fourth-order valence-electron chi connectivity index (χ4n) is 4.60. The van der Waals surface area contributed by atoms with Crippen molar-refractivity contribution in [2.75, 3.05) is 0 Å². The Morgan fingerprint density at radius 1 is 0.917 bits per heavy atom. The molecule has 0 aromatic heterocycles. The molecule has 2 rings (SSSR count). The van der Waals surface area contributed by atoms with E-state index in [1.807, 2.05) is 0 Å². The third-order valence-electron chi connectivity index (χ3n) is 4.76. The summed E-state index contributed by atoms with van der Waals surface area (Å²) in [5.41, 5.74) is 5.06. The van der Waals surface area contributed by atoms with Crippen LogP contribution in [0.15, 0.2) is 72.8 Å². The zero-order chi connectivity index (χ0) is 17.8. The fraction of sp³-hybridized carbons (Fsp3) is 0.391. The molecule has 0 unspecified atom stereocenters. The molecule has 0 fully saturated rings. The highest BCUT2D eigenvalue weighted by atomic mass is 28.3. The first-order valence-corrected chi connectivity index (χ1v) is 12.2. The maximum Gasteiger partial charge on any atom is 0.0609 e. The molecule has 0 nitrogen and oxygen atoms in total. The number of hydrogen-bond acceptors (Lipinski definition) is 0. The first-order chi connectivity index (χ1) is 11.2. The highest BCUT2D eigenvalue weighted by Gasteiger charge is 2.38. The Bertz CT molecular complexity index is 613. The number of benzene rings is 2. The largest absolute Gasteiger partial charge is 0.100 e. The summed E-state index contributed by atoms with van der Waals surface area (Å²) in [4.78, 5) is 0. The highest BCUT2D eigenvalue weighted by Crippen LogP contribution is 2.43. The quantitative estimate of drug-likeness (QED) is 0.375. The van der Waals surface area contributed by atoms with Gasteiger partial charge < -0.3 is 0 Å². The highest BCUT2D eigenvalue weighted by molar-refractivity contribution is 6.79. The lowest BCUT2D eigenvalue weighted by atomic mass is 9.89. The molecule has 0 spiro atoms. The molecular weight excluding hydrogens is 304 g/mol. The van der Waals surface area contributed by atoms with Crippen LogP contribution in [-0.2, 0) is 0 Å². The van der Waals surface area contributed by atoms with Crippen molar-refractivity contribution in [2.45, 2.75) is 51.9 Å². The molecule has 24 heavy (non-hydrogen) atoms. The molecule has 0 amide bonds. The molecular formula is C23H32Si. The van der Waals surface area contributed by atoms with Crippen LogP contribution >= 0.6 is 0 Å². The molecule has 2 aromatic rings. The van der Waals surface area contributed by atoms with Gasteiger partial charge in [0.05, 0.1) is 8.07 Å². The number of rotatable bonds is 7. The zero-order valence-corrected chi connectivity index (χ0v) is 17.0. The predicted octanol–water partition coefficient (Wildman–Crippen LogP) is 7.06. The van der Waals surface area contributed by atoms with Crippen LogP contribution in [0.3, 0.4) is 0 Å². The Balaban J connectivity index is 2.41. The Kier molecular flexibility index (Phi) is 5.87. The Labute approximate surface area is 149 Å². The molecule has 0 aliphatic rings. The van der Waals surface area contributed by atoms with E-state index in [1.165, 1.54) is 22.7 Å². The number of hydrogen-bond donors (Lipinski definition) is 0. The van der Waals surface area contributed by atoms with Crippen molar-refractivity contribution in [2.24, 2.45) is 5.41 Å². The van der Waals surface area contributed by atoms with Gasteiger partial charge in [0.15, 0.2) is 0 Å². The van der Waals surface area contributed by atoms with E-state index in [9.17, 15) is 0 Å². The van der Waals surface area contributed by atoms with Gasteiger partial charge in [-0.25, -0.2) is 0 Å². The standard InChI is InChI=1S/C23H32Si/c1-19(2)17-23(3,4)18-24(5,6)22(20-13-9-7-10-14-20)21-15-11-8-12-16-21/h7-16,22H,1,17-18H2,2-6H3. The van der Waals surface area contributed by atoms with Gasteiger partial charge in [0.2, 0.25) is 0 Å². The molecule has 0 atom stereocenters. The second-order valence-corrected chi connectivity index (χ2v) is 13.6. The smallest absolute Gasteiger partial charge is 0.0609 e. The van der Waals surface area contributed by atoms with Crippen molar-refractivity contribution < 1.29 is 0 Å². The fourth-order valence-corrected chi connectivity index (χ4v) is 9.59. The molecule has 0 aliphatic heterocycles. The van der Waals surface area contributed by atoms with Crippen LogP contribution in [0.4, 0.5) is 0 Å². The van der Waals surface area contributed by atoms with Crippen molar-refractivity contribution >= 4 is 8.07 Å². The van der Waals surface area contributed by atoms with Gasteiger partial charge in [-0.15, -0.1) is 6.58 Å². The van der Waals surface area contributed by atoms with Gasteiger partial charge in [-0.1, -0.05) is 99.2 Å². The summed E-state index contributed by atoms with van der Waals surface area (Å²) < 4.78 is 0. The van der Waals surface area contributed by atoms with Gasteiger partial charge in [0.1, 0.15) is 0 Å². The van der Waals surface area contributed by atoms with Crippen LogP contribution in [-0.4, -0.2) is 8.07 Å². The van der Waals surface area contributed by atoms with E-state index in [1.54, 1.807) is 0 Å². The van der Waals surface area contributed by atoms with Gasteiger partial charge >= 0.3 is 0 Å². The summed E-state index contributed by atoms with van der Waals surface area (Å²) in [6, 6.07) is 23.4. The molecule has 0 aliphatic carbocycles. The van der Waals surface area contributed by atoms with Crippen LogP contribution < -0.4 is 0 Å². The average Bonchev–Trinajstić information content (AvgIpc) is 2.46. The minimum atomic E-state index is -1.56. The molecule has 2 aromatic carbocycles. The van der Waals surface area contributed by atoms with Crippen LogP contribution in [0.5, 0.6) is 0 Å². The molecule has 0 radical (unpaired) electrons. The van der Waals surface area contributed by atoms with Crippen molar-refractivity contribution in [1.29, 1.82) is 0 Å². The van der Waals surface area contributed by atoms with Crippen LogP contribution in [0.1, 0.15) is 43.9 Å². The molecule has 128 valence electrons. The lowest BCUT2D eigenvalue weighted by molar-refractivity contribution is 0.402. The monoisotopic (exact) mass is 336 g/mol. The molecule has 0 N–H and O–H groups in total. The average molecular weight is 337 g/mol. The van der Waals surface area contributed by atoms with Crippen molar-refractivity contribution in [1.82, 2.24) is 0 Å². The number of allylic oxidation sites excluding steroid dienone is 1. The first-order valence-electron chi connectivity index (χ1n) is 8.96. The van der Waals surface area contributed by atoms with Gasteiger partial charge in [0, 0.05) is 5.54 Å². The SMILES string of the molecule is C=C(C)CC(C)(C)C[Si](C)(C)C(c1ccccc1)c1ccccc1. The third kappa shape index (κ3) is 4.94. The topological polar surface area (TPSA) is 0 Å². The summed E-state index contributed by atoms with van der Waals surface area (Å²) in [5, 5.41) is 0. The molecule has 0 saturated carbocycles. The molecule has 0 bridgehead atoms.